The molecule has 1 heterocycles. The molecule has 0 aliphatic heterocycles. The van der Waals surface area contributed by atoms with Crippen LogP contribution in [0.3, 0.4) is 0 Å². The minimum atomic E-state index is -0.614. The van der Waals surface area contributed by atoms with Crippen LogP contribution < -0.4 is 10.6 Å². The maximum Gasteiger partial charge on any atom is 0.341 e. The fraction of sp³-hybridized carbons (Fsp3) is 0.167. The van der Waals surface area contributed by atoms with Gasteiger partial charge < -0.3 is 24.8 Å². The van der Waals surface area contributed by atoms with Crippen molar-refractivity contribution in [3.63, 3.8) is 0 Å². The van der Waals surface area contributed by atoms with E-state index < -0.39 is 17.9 Å². The molecule has 0 fully saturated rings. The fourth-order valence-corrected chi connectivity index (χ4v) is 4.36. The highest BCUT2D eigenvalue weighted by atomic mass is 32.1. The van der Waals surface area contributed by atoms with Crippen LogP contribution >= 0.6 is 23.6 Å². The van der Waals surface area contributed by atoms with Crippen LogP contribution in [-0.2, 0) is 14.2 Å². The van der Waals surface area contributed by atoms with Crippen molar-refractivity contribution in [2.75, 3.05) is 31.5 Å². The normalized spacial score (nSPS) is 10.2. The summed E-state index contributed by atoms with van der Waals surface area (Å²) in [5, 5.41) is 6.48. The third-order valence-electron chi connectivity index (χ3n) is 4.61. The van der Waals surface area contributed by atoms with Gasteiger partial charge in [-0.3, -0.25) is 0 Å². The van der Waals surface area contributed by atoms with Crippen LogP contribution in [0.15, 0.2) is 54.6 Å². The molecule has 3 aromatic rings. The van der Waals surface area contributed by atoms with Gasteiger partial charge in [-0.2, -0.15) is 0 Å². The highest BCUT2D eigenvalue weighted by Crippen LogP contribution is 2.36. The minimum absolute atomic E-state index is 0.0965. The van der Waals surface area contributed by atoms with Gasteiger partial charge in [0.1, 0.15) is 5.00 Å². The molecule has 0 saturated heterocycles. The number of thiophene rings is 1. The number of thiocarbonyl (C=S) groups is 1. The molecule has 3 rings (SSSR count). The average Bonchev–Trinajstić information content (AvgIpc) is 3.27. The highest BCUT2D eigenvalue weighted by Gasteiger charge is 2.21. The van der Waals surface area contributed by atoms with Gasteiger partial charge in [-0.25, -0.2) is 14.4 Å². The van der Waals surface area contributed by atoms with Crippen LogP contribution in [0.5, 0.6) is 0 Å². The van der Waals surface area contributed by atoms with E-state index in [1.807, 2.05) is 30.3 Å². The Labute approximate surface area is 205 Å². The third-order valence-corrected chi connectivity index (χ3v) is 5.91. The molecular weight excluding hydrogens is 476 g/mol. The predicted molar refractivity (Wildman–Crippen MR) is 135 cm³/mol. The quantitative estimate of drug-likeness (QED) is 0.265. The van der Waals surface area contributed by atoms with Crippen molar-refractivity contribution in [1.29, 1.82) is 0 Å². The molecule has 0 unspecified atom stereocenters. The Balaban J connectivity index is 1.92. The number of benzene rings is 2. The van der Waals surface area contributed by atoms with Crippen LogP contribution in [0.4, 0.5) is 10.7 Å². The first-order chi connectivity index (χ1) is 16.4. The number of carbonyl (C=O) groups is 3. The standard InChI is InChI=1S/C24H22N2O6S2/c1-4-32-23(29)17-13-19(14-8-6-5-7-9-14)34-20(17)26-24(33)25-18-12-15(21(27)30-2)10-11-16(18)22(28)31-3/h5-13H,4H2,1-3H3,(H2,25,26,33). The van der Waals surface area contributed by atoms with Crippen LogP contribution in [-0.4, -0.2) is 43.8 Å². The van der Waals surface area contributed by atoms with Crippen molar-refractivity contribution >= 4 is 57.3 Å². The summed E-state index contributed by atoms with van der Waals surface area (Å²) in [7, 11) is 2.51. The van der Waals surface area contributed by atoms with Gasteiger partial charge in [0.05, 0.1) is 43.2 Å². The van der Waals surface area contributed by atoms with E-state index in [9.17, 15) is 14.4 Å². The summed E-state index contributed by atoms with van der Waals surface area (Å²) in [6, 6.07) is 15.6. The van der Waals surface area contributed by atoms with Crippen LogP contribution in [0.1, 0.15) is 38.0 Å². The maximum atomic E-state index is 12.6. The second kappa shape index (κ2) is 11.4. The van der Waals surface area contributed by atoms with Crippen LogP contribution in [0.2, 0.25) is 0 Å². The van der Waals surface area contributed by atoms with Gasteiger partial charge in [0, 0.05) is 4.88 Å². The molecule has 0 radical (unpaired) electrons. The van der Waals surface area contributed by atoms with E-state index in [2.05, 4.69) is 10.6 Å². The van der Waals surface area contributed by atoms with E-state index >= 15 is 0 Å². The summed E-state index contributed by atoms with van der Waals surface area (Å²) < 4.78 is 14.8. The number of nitrogens with one attached hydrogen (secondary N) is 2. The Morgan fingerprint density at radius 3 is 2.24 bits per heavy atom. The zero-order valence-corrected chi connectivity index (χ0v) is 20.3. The van der Waals surface area contributed by atoms with Crippen molar-refractivity contribution in [3.05, 3.63) is 71.3 Å². The van der Waals surface area contributed by atoms with Crippen molar-refractivity contribution in [1.82, 2.24) is 0 Å². The molecule has 2 N–H and O–H groups in total. The molecule has 0 atom stereocenters. The second-order valence-electron chi connectivity index (χ2n) is 6.76. The van der Waals surface area contributed by atoms with Gasteiger partial charge in [0.25, 0.3) is 0 Å². The predicted octanol–water partition coefficient (Wildman–Crippen LogP) is 4.97. The molecule has 34 heavy (non-hydrogen) atoms. The van der Waals surface area contributed by atoms with Gasteiger partial charge >= 0.3 is 17.9 Å². The lowest BCUT2D eigenvalue weighted by Gasteiger charge is -2.14. The van der Waals surface area contributed by atoms with Gasteiger partial charge in [0.2, 0.25) is 0 Å². The average molecular weight is 499 g/mol. The number of methoxy groups -OCH3 is 2. The number of hydrogen-bond donors (Lipinski definition) is 2. The first-order valence-electron chi connectivity index (χ1n) is 10.1. The van der Waals surface area contributed by atoms with E-state index in [4.69, 9.17) is 26.4 Å². The molecule has 8 nitrogen and oxygen atoms in total. The lowest BCUT2D eigenvalue weighted by molar-refractivity contribution is 0.0526. The van der Waals surface area contributed by atoms with Gasteiger partial charge in [0.15, 0.2) is 5.11 Å². The van der Waals surface area contributed by atoms with Crippen molar-refractivity contribution in [2.24, 2.45) is 0 Å². The zero-order valence-electron chi connectivity index (χ0n) is 18.7. The highest BCUT2D eigenvalue weighted by molar-refractivity contribution is 7.80. The molecule has 176 valence electrons. The molecule has 0 bridgehead atoms. The summed E-state index contributed by atoms with van der Waals surface area (Å²) >= 11 is 6.77. The Hall–Kier alpha value is -3.76. The second-order valence-corrected chi connectivity index (χ2v) is 8.22. The largest absolute Gasteiger partial charge is 0.465 e. The summed E-state index contributed by atoms with van der Waals surface area (Å²) in [5.74, 6) is -1.68. The summed E-state index contributed by atoms with van der Waals surface area (Å²) in [4.78, 5) is 37.5. The summed E-state index contributed by atoms with van der Waals surface area (Å²) in [5.41, 5.74) is 1.89. The monoisotopic (exact) mass is 498 g/mol. The Bertz CT molecular complexity index is 1220. The smallest absolute Gasteiger partial charge is 0.341 e. The van der Waals surface area contributed by atoms with Crippen LogP contribution in [0.25, 0.3) is 10.4 Å². The first kappa shape index (κ1) is 24.9. The third kappa shape index (κ3) is 5.77. The number of esters is 3. The molecule has 0 amide bonds. The summed E-state index contributed by atoms with van der Waals surface area (Å²) in [6.07, 6.45) is 0. The Kier molecular flexibility index (Phi) is 8.34. The van der Waals surface area contributed by atoms with Crippen molar-refractivity contribution in [2.45, 2.75) is 6.92 Å². The molecule has 2 aromatic carbocycles. The minimum Gasteiger partial charge on any atom is -0.465 e. The molecular formula is C24H22N2O6S2. The lowest BCUT2D eigenvalue weighted by Crippen LogP contribution is -2.22. The first-order valence-corrected chi connectivity index (χ1v) is 11.4. The molecule has 0 spiro atoms. The van der Waals surface area contributed by atoms with Crippen LogP contribution in [0, 0.1) is 0 Å². The molecule has 1 aromatic heterocycles. The van der Waals surface area contributed by atoms with E-state index in [1.54, 1.807) is 13.0 Å². The number of ether oxygens (including phenoxy) is 3. The molecule has 0 aliphatic rings. The number of hydrogen-bond acceptors (Lipinski definition) is 8. The van der Waals surface area contributed by atoms with Gasteiger partial charge in [-0.05, 0) is 49.0 Å². The fourth-order valence-electron chi connectivity index (χ4n) is 3.03. The van der Waals surface area contributed by atoms with E-state index in [1.165, 1.54) is 43.8 Å². The van der Waals surface area contributed by atoms with Gasteiger partial charge in [-0.1, -0.05) is 30.3 Å². The van der Waals surface area contributed by atoms with E-state index in [-0.39, 0.29) is 28.5 Å². The number of anilines is 2. The Morgan fingerprint density at radius 2 is 1.59 bits per heavy atom. The van der Waals surface area contributed by atoms with E-state index in [0.29, 0.717) is 10.6 Å². The maximum absolute atomic E-state index is 12.6. The topological polar surface area (TPSA) is 103 Å². The number of rotatable bonds is 7. The lowest BCUT2D eigenvalue weighted by atomic mass is 10.1. The van der Waals surface area contributed by atoms with Crippen molar-refractivity contribution < 1.29 is 28.6 Å². The molecule has 0 aliphatic carbocycles. The summed E-state index contributed by atoms with van der Waals surface area (Å²) in [6.45, 7) is 1.95. The van der Waals surface area contributed by atoms with E-state index in [0.717, 1.165) is 10.4 Å². The number of carbonyl (C=O) groups excluding carboxylic acids is 3. The van der Waals surface area contributed by atoms with Crippen molar-refractivity contribution in [3.8, 4) is 10.4 Å². The zero-order chi connectivity index (χ0) is 24.7. The molecule has 10 heteroatoms. The van der Waals surface area contributed by atoms with Gasteiger partial charge in [-0.15, -0.1) is 11.3 Å². The SMILES string of the molecule is CCOC(=O)c1cc(-c2ccccc2)sc1NC(=S)Nc1cc(C(=O)OC)ccc1C(=O)OC. The molecule has 0 saturated carbocycles. The Morgan fingerprint density at radius 1 is 0.882 bits per heavy atom.